The molecule has 0 unspecified atom stereocenters. The molecule has 182 valence electrons. The molecule has 1 aromatic heterocycles. The molecule has 0 N–H and O–H groups in total. The first kappa shape index (κ1) is 25.2. The summed E-state index contributed by atoms with van der Waals surface area (Å²) in [5, 5.41) is 0.784. The van der Waals surface area contributed by atoms with Gasteiger partial charge in [0.25, 0.3) is 5.56 Å². The topological polar surface area (TPSA) is 69.9 Å². The SMILES string of the molecule is CCOC(=O)C1=C(C)N=c2s/c(=C\c3cc(Cl)cc(Cl)c3OCC)c(=O)n2[C@@H]1c1ccc(C)cc1. The van der Waals surface area contributed by atoms with E-state index >= 15 is 0 Å². The number of halogens is 2. The molecule has 1 aliphatic heterocycles. The van der Waals surface area contributed by atoms with Gasteiger partial charge in [-0.1, -0.05) is 64.4 Å². The van der Waals surface area contributed by atoms with E-state index in [1.54, 1.807) is 36.6 Å². The van der Waals surface area contributed by atoms with Gasteiger partial charge in [-0.3, -0.25) is 9.36 Å². The number of benzene rings is 2. The number of aryl methyl sites for hydroxylation is 1. The second-order valence-corrected chi connectivity index (χ2v) is 9.80. The van der Waals surface area contributed by atoms with Gasteiger partial charge in [0.15, 0.2) is 4.80 Å². The highest BCUT2D eigenvalue weighted by Crippen LogP contribution is 2.33. The summed E-state index contributed by atoms with van der Waals surface area (Å²) in [6.45, 7) is 7.96. The van der Waals surface area contributed by atoms with Gasteiger partial charge in [0.1, 0.15) is 5.75 Å². The molecule has 1 aliphatic rings. The third-order valence-corrected chi connectivity index (χ3v) is 7.00. The monoisotopic (exact) mass is 530 g/mol. The van der Waals surface area contributed by atoms with Crippen LogP contribution in [0.15, 0.2) is 57.5 Å². The minimum atomic E-state index is -0.664. The number of carbonyl (C=O) groups excluding carboxylic acids is 1. The lowest BCUT2D eigenvalue weighted by Gasteiger charge is -2.24. The Kier molecular flexibility index (Phi) is 7.50. The van der Waals surface area contributed by atoms with Crippen LogP contribution in [-0.4, -0.2) is 23.8 Å². The predicted molar refractivity (Wildman–Crippen MR) is 139 cm³/mol. The van der Waals surface area contributed by atoms with Crippen LogP contribution in [0.4, 0.5) is 0 Å². The minimum absolute atomic E-state index is 0.219. The van der Waals surface area contributed by atoms with Crippen molar-refractivity contribution in [2.75, 3.05) is 13.2 Å². The van der Waals surface area contributed by atoms with Crippen LogP contribution in [0, 0.1) is 6.92 Å². The second-order valence-electron chi connectivity index (χ2n) is 7.95. The number of hydrogen-bond donors (Lipinski definition) is 0. The summed E-state index contributed by atoms with van der Waals surface area (Å²) < 4.78 is 13.0. The van der Waals surface area contributed by atoms with E-state index in [-0.39, 0.29) is 12.2 Å². The maximum atomic E-state index is 13.7. The van der Waals surface area contributed by atoms with Crippen molar-refractivity contribution in [3.05, 3.63) is 94.1 Å². The fourth-order valence-corrected chi connectivity index (χ4v) is 5.58. The molecule has 0 bridgehead atoms. The molecule has 35 heavy (non-hydrogen) atoms. The van der Waals surface area contributed by atoms with Gasteiger partial charge < -0.3 is 9.47 Å². The van der Waals surface area contributed by atoms with Crippen molar-refractivity contribution in [3.8, 4) is 5.75 Å². The lowest BCUT2D eigenvalue weighted by molar-refractivity contribution is -0.139. The summed E-state index contributed by atoms with van der Waals surface area (Å²) in [5.41, 5.74) is 3.02. The fourth-order valence-electron chi connectivity index (χ4n) is 3.98. The first-order chi connectivity index (χ1) is 16.7. The predicted octanol–water partition coefficient (Wildman–Crippen LogP) is 4.81. The van der Waals surface area contributed by atoms with Gasteiger partial charge in [-0.15, -0.1) is 0 Å². The van der Waals surface area contributed by atoms with Crippen LogP contribution in [-0.2, 0) is 9.53 Å². The zero-order chi connectivity index (χ0) is 25.3. The Morgan fingerprint density at radius 1 is 1.14 bits per heavy atom. The Bertz CT molecular complexity index is 1500. The molecule has 2 aromatic carbocycles. The van der Waals surface area contributed by atoms with Crippen LogP contribution in [0.3, 0.4) is 0 Å². The van der Waals surface area contributed by atoms with Gasteiger partial charge in [-0.25, -0.2) is 9.79 Å². The molecular weight excluding hydrogens is 507 g/mol. The maximum Gasteiger partial charge on any atom is 0.338 e. The van der Waals surface area contributed by atoms with Crippen LogP contribution in [0.5, 0.6) is 5.75 Å². The number of allylic oxidation sites excluding steroid dienone is 1. The molecule has 0 amide bonds. The Morgan fingerprint density at radius 2 is 1.86 bits per heavy atom. The van der Waals surface area contributed by atoms with E-state index in [1.165, 1.54) is 11.3 Å². The van der Waals surface area contributed by atoms with E-state index in [4.69, 9.17) is 32.7 Å². The molecule has 0 radical (unpaired) electrons. The van der Waals surface area contributed by atoms with Gasteiger partial charge in [0, 0.05) is 10.6 Å². The number of ether oxygens (including phenoxy) is 2. The van der Waals surface area contributed by atoms with E-state index in [9.17, 15) is 9.59 Å². The number of thiazole rings is 1. The number of hydrogen-bond acceptors (Lipinski definition) is 6. The highest BCUT2D eigenvalue weighted by atomic mass is 35.5. The highest BCUT2D eigenvalue weighted by Gasteiger charge is 2.33. The Balaban J connectivity index is 1.97. The van der Waals surface area contributed by atoms with Crippen molar-refractivity contribution >= 4 is 46.6 Å². The van der Waals surface area contributed by atoms with Gasteiger partial charge in [0.05, 0.1) is 40.1 Å². The van der Waals surface area contributed by atoms with Crippen LogP contribution < -0.4 is 19.6 Å². The summed E-state index contributed by atoms with van der Waals surface area (Å²) in [7, 11) is 0. The third-order valence-electron chi connectivity index (χ3n) is 5.52. The molecule has 3 aromatic rings. The van der Waals surface area contributed by atoms with Crippen molar-refractivity contribution < 1.29 is 14.3 Å². The standard InChI is InChI=1S/C26H24Cl2N2O4S/c1-5-33-23-17(11-18(27)13-19(23)28)12-20-24(31)30-22(16-9-7-14(3)8-10-16)21(25(32)34-6-2)15(4)29-26(30)35-20/h7-13,22H,5-6H2,1-4H3/b20-12-/t22-/m1/s1. The molecule has 0 spiro atoms. The summed E-state index contributed by atoms with van der Waals surface area (Å²) >= 11 is 13.8. The largest absolute Gasteiger partial charge is 0.492 e. The van der Waals surface area contributed by atoms with Crippen molar-refractivity contribution in [2.45, 2.75) is 33.7 Å². The first-order valence-electron chi connectivity index (χ1n) is 11.1. The molecule has 0 saturated carbocycles. The number of esters is 1. The average molecular weight is 531 g/mol. The molecule has 0 saturated heterocycles. The lowest BCUT2D eigenvalue weighted by Crippen LogP contribution is -2.39. The van der Waals surface area contributed by atoms with Gasteiger partial charge in [0.2, 0.25) is 0 Å². The summed E-state index contributed by atoms with van der Waals surface area (Å²) in [5.74, 6) is -0.0447. The van der Waals surface area contributed by atoms with E-state index in [2.05, 4.69) is 4.99 Å². The molecule has 2 heterocycles. The molecule has 4 rings (SSSR count). The van der Waals surface area contributed by atoms with E-state index in [0.29, 0.717) is 48.6 Å². The first-order valence-corrected chi connectivity index (χ1v) is 12.7. The van der Waals surface area contributed by atoms with Crippen LogP contribution in [0.25, 0.3) is 6.08 Å². The van der Waals surface area contributed by atoms with Crippen molar-refractivity contribution in [3.63, 3.8) is 0 Å². The number of nitrogens with zero attached hydrogens (tertiary/aromatic N) is 2. The average Bonchev–Trinajstić information content (AvgIpc) is 3.10. The quantitative estimate of drug-likeness (QED) is 0.428. The number of rotatable bonds is 6. The van der Waals surface area contributed by atoms with Gasteiger partial charge in [-0.2, -0.15) is 0 Å². The summed E-state index contributed by atoms with van der Waals surface area (Å²) in [6.07, 6.45) is 1.70. The Morgan fingerprint density at radius 3 is 2.51 bits per heavy atom. The van der Waals surface area contributed by atoms with Crippen molar-refractivity contribution in [1.29, 1.82) is 0 Å². The van der Waals surface area contributed by atoms with E-state index in [0.717, 1.165) is 11.1 Å². The molecule has 0 fully saturated rings. The Labute approximate surface area is 216 Å². The minimum Gasteiger partial charge on any atom is -0.492 e. The number of aromatic nitrogens is 1. The van der Waals surface area contributed by atoms with Crippen molar-refractivity contribution in [1.82, 2.24) is 4.57 Å². The fraction of sp³-hybridized carbons (Fsp3) is 0.269. The normalized spacial score (nSPS) is 15.6. The smallest absolute Gasteiger partial charge is 0.338 e. The van der Waals surface area contributed by atoms with E-state index < -0.39 is 12.0 Å². The zero-order valence-corrected chi connectivity index (χ0v) is 22.1. The summed E-state index contributed by atoms with van der Waals surface area (Å²) in [6, 6.07) is 10.4. The number of carbonyl (C=O) groups is 1. The highest BCUT2D eigenvalue weighted by molar-refractivity contribution is 7.07. The molecule has 1 atom stereocenters. The lowest BCUT2D eigenvalue weighted by atomic mass is 9.95. The van der Waals surface area contributed by atoms with Crippen LogP contribution in [0.2, 0.25) is 10.0 Å². The second kappa shape index (κ2) is 10.4. The molecular formula is C26H24Cl2N2O4S. The molecule has 0 aliphatic carbocycles. The van der Waals surface area contributed by atoms with Crippen molar-refractivity contribution in [2.24, 2.45) is 4.99 Å². The maximum absolute atomic E-state index is 13.7. The van der Waals surface area contributed by atoms with Gasteiger partial charge >= 0.3 is 5.97 Å². The summed E-state index contributed by atoms with van der Waals surface area (Å²) in [4.78, 5) is 31.8. The van der Waals surface area contributed by atoms with E-state index in [1.807, 2.05) is 38.1 Å². The van der Waals surface area contributed by atoms with Crippen LogP contribution in [0.1, 0.15) is 43.5 Å². The Hall–Kier alpha value is -2.87. The number of fused-ring (bicyclic) bond motifs is 1. The zero-order valence-electron chi connectivity index (χ0n) is 19.7. The third kappa shape index (κ3) is 4.94. The van der Waals surface area contributed by atoms with Crippen LogP contribution >= 0.6 is 34.5 Å². The molecule has 9 heteroatoms. The molecule has 6 nitrogen and oxygen atoms in total. The van der Waals surface area contributed by atoms with Gasteiger partial charge in [-0.05, 0) is 51.5 Å².